The van der Waals surface area contributed by atoms with Crippen LogP contribution >= 0.6 is 0 Å². The molecular formula is C19H30N6. The maximum Gasteiger partial charge on any atom is 0.193 e. The highest BCUT2D eigenvalue weighted by atomic mass is 15.3. The van der Waals surface area contributed by atoms with Crippen molar-refractivity contribution in [2.45, 2.75) is 32.9 Å². The second kappa shape index (κ2) is 8.67. The lowest BCUT2D eigenvalue weighted by atomic mass is 10.1. The zero-order chi connectivity index (χ0) is 18.3. The lowest BCUT2D eigenvalue weighted by Gasteiger charge is -2.24. The smallest absolute Gasteiger partial charge is 0.193 e. The largest absolute Gasteiger partial charge is 0.355 e. The number of nitrogens with zero attached hydrogens (tertiary/aromatic N) is 4. The fourth-order valence-electron chi connectivity index (χ4n) is 2.51. The predicted octanol–water partition coefficient (Wildman–Crippen LogP) is 2.27. The van der Waals surface area contributed by atoms with E-state index in [4.69, 9.17) is 0 Å². The number of guanidine groups is 1. The van der Waals surface area contributed by atoms with E-state index in [1.54, 1.807) is 0 Å². The molecule has 2 aromatic rings. The lowest BCUT2D eigenvalue weighted by molar-refractivity contribution is 0.422. The van der Waals surface area contributed by atoms with Crippen LogP contribution in [0.1, 0.15) is 26.3 Å². The molecule has 0 saturated heterocycles. The first-order valence-electron chi connectivity index (χ1n) is 8.65. The first-order chi connectivity index (χ1) is 11.9. The van der Waals surface area contributed by atoms with Crippen LogP contribution in [0.4, 0.5) is 0 Å². The maximum atomic E-state index is 4.45. The summed E-state index contributed by atoms with van der Waals surface area (Å²) >= 11 is 0. The van der Waals surface area contributed by atoms with Crippen molar-refractivity contribution in [3.8, 4) is 5.69 Å². The number of benzene rings is 1. The molecule has 136 valence electrons. The summed E-state index contributed by atoms with van der Waals surface area (Å²) in [5.41, 5.74) is 2.33. The fourth-order valence-corrected chi connectivity index (χ4v) is 2.51. The van der Waals surface area contributed by atoms with Crippen LogP contribution in [0.5, 0.6) is 0 Å². The van der Waals surface area contributed by atoms with E-state index in [-0.39, 0.29) is 5.54 Å². The third kappa shape index (κ3) is 6.23. The van der Waals surface area contributed by atoms with Crippen molar-refractivity contribution in [3.05, 3.63) is 48.3 Å². The zero-order valence-electron chi connectivity index (χ0n) is 16.0. The molecule has 1 heterocycles. The fraction of sp³-hybridized carbons (Fsp3) is 0.474. The van der Waals surface area contributed by atoms with Crippen LogP contribution < -0.4 is 10.6 Å². The van der Waals surface area contributed by atoms with Gasteiger partial charge in [0, 0.05) is 51.0 Å². The van der Waals surface area contributed by atoms with Crippen molar-refractivity contribution < 1.29 is 0 Å². The summed E-state index contributed by atoms with van der Waals surface area (Å²) in [5.74, 6) is 0.878. The number of para-hydroxylation sites is 1. The van der Waals surface area contributed by atoms with Gasteiger partial charge < -0.3 is 15.5 Å². The Morgan fingerprint density at radius 2 is 1.92 bits per heavy atom. The standard InChI is InChI=1S/C19H30N6/c1-19(2,3)22-12-11-21-18(20-4)24(5)14-16-13-23-25(15-16)17-9-7-6-8-10-17/h6-10,13,15,22H,11-12,14H2,1-5H3,(H,20,21). The Hall–Kier alpha value is -2.34. The van der Waals surface area contributed by atoms with Gasteiger partial charge in [0.15, 0.2) is 5.96 Å². The van der Waals surface area contributed by atoms with Gasteiger partial charge >= 0.3 is 0 Å². The molecule has 25 heavy (non-hydrogen) atoms. The minimum Gasteiger partial charge on any atom is -0.355 e. The predicted molar refractivity (Wildman–Crippen MR) is 104 cm³/mol. The quantitative estimate of drug-likeness (QED) is 0.480. The number of hydrogen-bond acceptors (Lipinski definition) is 3. The van der Waals surface area contributed by atoms with Crippen molar-refractivity contribution in [2.75, 3.05) is 27.2 Å². The van der Waals surface area contributed by atoms with Gasteiger partial charge in [-0.05, 0) is 32.9 Å². The maximum absolute atomic E-state index is 4.45. The third-order valence-electron chi connectivity index (χ3n) is 3.71. The van der Waals surface area contributed by atoms with Crippen LogP contribution in [0, 0.1) is 0 Å². The summed E-state index contributed by atoms with van der Waals surface area (Å²) in [7, 11) is 3.84. The topological polar surface area (TPSA) is 57.5 Å². The number of aromatic nitrogens is 2. The minimum absolute atomic E-state index is 0.128. The molecule has 0 spiro atoms. The van der Waals surface area contributed by atoms with Crippen LogP contribution in [0.2, 0.25) is 0 Å². The molecule has 0 aliphatic rings. The summed E-state index contributed by atoms with van der Waals surface area (Å²) in [6, 6.07) is 10.1. The molecule has 0 saturated carbocycles. The molecule has 0 aliphatic carbocycles. The van der Waals surface area contributed by atoms with Crippen LogP contribution in [0.25, 0.3) is 5.69 Å². The van der Waals surface area contributed by atoms with Crippen LogP contribution in [0.3, 0.4) is 0 Å². The molecule has 0 atom stereocenters. The summed E-state index contributed by atoms with van der Waals surface area (Å²) < 4.78 is 1.90. The third-order valence-corrected chi connectivity index (χ3v) is 3.71. The summed E-state index contributed by atoms with van der Waals surface area (Å²) in [4.78, 5) is 6.46. The SMILES string of the molecule is CN=C(NCCNC(C)(C)C)N(C)Cc1cnn(-c2ccccc2)c1. The van der Waals surface area contributed by atoms with E-state index >= 15 is 0 Å². The van der Waals surface area contributed by atoms with E-state index in [0.29, 0.717) is 0 Å². The van der Waals surface area contributed by atoms with Crippen LogP contribution in [0.15, 0.2) is 47.7 Å². The Balaban J connectivity index is 1.87. The van der Waals surface area contributed by atoms with Crippen molar-refractivity contribution in [3.63, 3.8) is 0 Å². The highest BCUT2D eigenvalue weighted by Gasteiger charge is 2.10. The van der Waals surface area contributed by atoms with E-state index in [2.05, 4.69) is 52.6 Å². The molecule has 2 rings (SSSR count). The Morgan fingerprint density at radius 1 is 1.20 bits per heavy atom. The van der Waals surface area contributed by atoms with E-state index < -0.39 is 0 Å². The Morgan fingerprint density at radius 3 is 2.56 bits per heavy atom. The average molecular weight is 342 g/mol. The Labute approximate surface area is 151 Å². The van der Waals surface area contributed by atoms with Gasteiger partial charge in [-0.2, -0.15) is 5.10 Å². The molecule has 0 bridgehead atoms. The highest BCUT2D eigenvalue weighted by molar-refractivity contribution is 5.79. The molecule has 0 aliphatic heterocycles. The van der Waals surface area contributed by atoms with Gasteiger partial charge in [-0.1, -0.05) is 18.2 Å². The minimum atomic E-state index is 0.128. The molecule has 2 N–H and O–H groups in total. The Kier molecular flexibility index (Phi) is 6.58. The van der Waals surface area contributed by atoms with E-state index in [1.165, 1.54) is 0 Å². The van der Waals surface area contributed by atoms with Gasteiger partial charge in [0.05, 0.1) is 11.9 Å². The monoisotopic (exact) mass is 342 g/mol. The van der Waals surface area contributed by atoms with Gasteiger partial charge in [-0.25, -0.2) is 4.68 Å². The number of hydrogen-bond donors (Lipinski definition) is 2. The zero-order valence-corrected chi connectivity index (χ0v) is 16.0. The molecule has 1 aromatic carbocycles. The summed E-state index contributed by atoms with van der Waals surface area (Å²) in [6.07, 6.45) is 3.96. The first-order valence-corrected chi connectivity index (χ1v) is 8.65. The van der Waals surface area contributed by atoms with E-state index in [0.717, 1.165) is 36.8 Å². The molecule has 0 amide bonds. The van der Waals surface area contributed by atoms with Gasteiger partial charge in [-0.15, -0.1) is 0 Å². The molecule has 0 fully saturated rings. The molecule has 6 heteroatoms. The second-order valence-corrected chi connectivity index (χ2v) is 7.14. The summed E-state index contributed by atoms with van der Waals surface area (Å²) in [5, 5.41) is 11.3. The van der Waals surface area contributed by atoms with Crippen molar-refractivity contribution in [1.29, 1.82) is 0 Å². The molecule has 0 radical (unpaired) electrons. The lowest BCUT2D eigenvalue weighted by Crippen LogP contribution is -2.44. The molecule has 1 aromatic heterocycles. The van der Waals surface area contributed by atoms with Crippen molar-refractivity contribution >= 4 is 5.96 Å². The van der Waals surface area contributed by atoms with Gasteiger partial charge in [0.2, 0.25) is 0 Å². The van der Waals surface area contributed by atoms with Crippen molar-refractivity contribution in [1.82, 2.24) is 25.3 Å². The average Bonchev–Trinajstić information content (AvgIpc) is 3.03. The molecular weight excluding hydrogens is 312 g/mol. The number of rotatable bonds is 6. The first kappa shape index (κ1) is 19.0. The van der Waals surface area contributed by atoms with Gasteiger partial charge in [-0.3, -0.25) is 4.99 Å². The van der Waals surface area contributed by atoms with Gasteiger partial charge in [0.1, 0.15) is 0 Å². The normalized spacial score (nSPS) is 12.3. The van der Waals surface area contributed by atoms with E-state index in [9.17, 15) is 0 Å². The van der Waals surface area contributed by atoms with E-state index in [1.807, 2.05) is 55.3 Å². The number of nitrogens with one attached hydrogen (secondary N) is 2. The number of aliphatic imine (C=N–C) groups is 1. The van der Waals surface area contributed by atoms with Crippen LogP contribution in [-0.2, 0) is 6.54 Å². The molecule has 6 nitrogen and oxygen atoms in total. The second-order valence-electron chi connectivity index (χ2n) is 7.14. The molecule has 0 unspecified atom stereocenters. The van der Waals surface area contributed by atoms with Crippen LogP contribution in [-0.4, -0.2) is 53.4 Å². The Bertz CT molecular complexity index is 669. The van der Waals surface area contributed by atoms with Gasteiger partial charge in [0.25, 0.3) is 0 Å². The highest BCUT2D eigenvalue weighted by Crippen LogP contribution is 2.09. The summed E-state index contributed by atoms with van der Waals surface area (Å²) in [6.45, 7) is 8.97. The van der Waals surface area contributed by atoms with Crippen molar-refractivity contribution in [2.24, 2.45) is 4.99 Å².